The first-order chi connectivity index (χ1) is 69.5. The number of terminal acetylenes is 1. The summed E-state index contributed by atoms with van der Waals surface area (Å²) in [5.41, 5.74) is 19.5. The van der Waals surface area contributed by atoms with Crippen LogP contribution in [0, 0.1) is 12.3 Å². The van der Waals surface area contributed by atoms with Gasteiger partial charge < -0.3 is 50.0 Å². The number of pyridine rings is 2. The van der Waals surface area contributed by atoms with Gasteiger partial charge in [0.05, 0.1) is 59.8 Å². The van der Waals surface area contributed by atoms with Crippen molar-refractivity contribution in [3.63, 3.8) is 0 Å². The Bertz CT molecular complexity index is 7500. The van der Waals surface area contributed by atoms with Crippen LogP contribution in [-0.2, 0) is 27.2 Å². The van der Waals surface area contributed by atoms with Crippen molar-refractivity contribution in [3.8, 4) is 101 Å². The summed E-state index contributed by atoms with van der Waals surface area (Å²) in [4.78, 5) is 63.4. The molecule has 0 radical (unpaired) electrons. The SMILES string of the molecule is C#Cc1ccc2nc(Nc3cc(CN4CCC(F)(F)CC4)cc(-c4cnn(C)c4)c3)ncc2c1.COc1ccc(-c2ccc(Nc3ncc4cc(-c5nccs5)c(OC5CCN(C)CC5)cc4n3)cc2)cn1.COc1ncccc1-c1ccc(Nc2ncc3cc(-c4nccs4)c(OC4CCN(C)CC4)cc3n2)cc1.Cn1cc(-c2cc(CN3CCC(F)(F)CC3)cc(Nc3ncc4cc(Br)ccc4n3)c2)cn1. The van der Waals surface area contributed by atoms with E-state index in [-0.39, 0.29) is 37.9 Å². The fourth-order valence-electron chi connectivity index (χ4n) is 17.5. The molecule has 4 aliphatic heterocycles. The number of ether oxygens (including phenoxy) is 4. The fraction of sp³-hybridized carbons (Fsp3) is 0.259. The van der Waals surface area contributed by atoms with Crippen molar-refractivity contribution in [2.75, 3.05) is 102 Å². The van der Waals surface area contributed by atoms with Crippen LogP contribution in [0.4, 0.5) is 64.1 Å². The Kier molecular flexibility index (Phi) is 29.9. The van der Waals surface area contributed by atoms with E-state index in [0.717, 1.165) is 217 Å². The lowest BCUT2D eigenvalue weighted by Gasteiger charge is -2.31. The Morgan fingerprint density at radius 3 is 1.29 bits per heavy atom. The summed E-state index contributed by atoms with van der Waals surface area (Å²) in [6.45, 7) is 6.86. The molecular weight excluding hydrogens is 1920 g/mol. The molecule has 10 aromatic heterocycles. The molecule has 0 aliphatic carbocycles. The monoisotopic (exact) mass is 2020 g/mol. The molecule has 0 atom stereocenters. The molecule has 0 bridgehead atoms. The maximum Gasteiger partial charge on any atom is 0.250 e. The smallest absolute Gasteiger partial charge is 0.250 e. The summed E-state index contributed by atoms with van der Waals surface area (Å²) in [5, 5.41) is 31.4. The van der Waals surface area contributed by atoms with Gasteiger partial charge in [0.2, 0.25) is 35.6 Å². The summed E-state index contributed by atoms with van der Waals surface area (Å²) in [7, 11) is 11.3. The van der Waals surface area contributed by atoms with Gasteiger partial charge in [0, 0.05) is 273 Å². The maximum absolute atomic E-state index is 13.6. The second-order valence-electron chi connectivity index (χ2n) is 35.8. The average molecular weight is 2020 g/mol. The minimum Gasteiger partial charge on any atom is -0.490 e. The third-order valence-electron chi connectivity index (χ3n) is 25.3. The van der Waals surface area contributed by atoms with Gasteiger partial charge >= 0.3 is 0 Å². The van der Waals surface area contributed by atoms with Gasteiger partial charge in [0.15, 0.2) is 0 Å². The number of nitrogens with one attached hydrogen (secondary N) is 4. The second kappa shape index (κ2) is 44.1. The number of hydrogen-bond acceptors (Lipinski definition) is 28. The third-order valence-corrected chi connectivity index (χ3v) is 27.4. The number of anilines is 8. The van der Waals surface area contributed by atoms with Crippen LogP contribution in [0.5, 0.6) is 23.3 Å². The van der Waals surface area contributed by atoms with Crippen LogP contribution >= 0.6 is 38.6 Å². The van der Waals surface area contributed by atoms with Crippen molar-refractivity contribution >= 4 is 129 Å². The molecule has 0 amide bonds. The Morgan fingerprint density at radius 1 is 0.406 bits per heavy atom. The first-order valence-corrected chi connectivity index (χ1v) is 49.6. The second-order valence-corrected chi connectivity index (χ2v) is 38.5. The average Bonchev–Trinajstić information content (AvgIpc) is 1.62. The van der Waals surface area contributed by atoms with E-state index in [2.05, 4.69) is 161 Å². The number of hydrogen-bond donors (Lipinski definition) is 4. The first kappa shape index (κ1) is 96.9. The van der Waals surface area contributed by atoms with Gasteiger partial charge in [-0.15, -0.1) is 29.1 Å². The summed E-state index contributed by atoms with van der Waals surface area (Å²) in [6, 6.07) is 55.8. The van der Waals surface area contributed by atoms with Crippen LogP contribution in [0.15, 0.2) is 259 Å². The van der Waals surface area contributed by atoms with Crippen LogP contribution in [0.3, 0.4) is 0 Å². The molecule has 28 nitrogen and oxygen atoms in total. The molecule has 726 valence electrons. The molecule has 35 heteroatoms. The number of thiazole rings is 2. The van der Waals surface area contributed by atoms with Crippen molar-refractivity contribution in [2.45, 2.75) is 88.5 Å². The number of likely N-dealkylation sites (tertiary alicyclic amines) is 4. The lowest BCUT2D eigenvalue weighted by atomic mass is 10.0. The number of benzene rings is 8. The Labute approximate surface area is 840 Å². The molecule has 22 rings (SSSR count). The van der Waals surface area contributed by atoms with Crippen molar-refractivity contribution in [3.05, 3.63) is 276 Å². The van der Waals surface area contributed by atoms with E-state index < -0.39 is 11.8 Å². The predicted molar refractivity (Wildman–Crippen MR) is 560 cm³/mol. The summed E-state index contributed by atoms with van der Waals surface area (Å²) in [6.07, 6.45) is 31.4. The zero-order valence-corrected chi connectivity index (χ0v) is 82.7. The molecule has 8 aromatic carbocycles. The quantitative estimate of drug-likeness (QED) is 0.0323. The highest BCUT2D eigenvalue weighted by Crippen LogP contribution is 2.42. The topological polar surface area (TPSA) is 288 Å². The molecule has 4 saturated heterocycles. The number of nitrogens with zero attached hydrogens (tertiary/aromatic N) is 20. The number of aryl methyl sites for hydroxylation is 2. The molecule has 0 unspecified atom stereocenters. The van der Waals surface area contributed by atoms with Crippen molar-refractivity contribution < 1.29 is 36.5 Å². The first-order valence-electron chi connectivity index (χ1n) is 47.0. The largest absolute Gasteiger partial charge is 0.490 e. The molecule has 4 N–H and O–H groups in total. The number of rotatable bonds is 24. The van der Waals surface area contributed by atoms with Crippen molar-refractivity contribution in [1.82, 2.24) is 99.0 Å². The number of aromatic nitrogens is 16. The molecule has 4 aliphatic rings. The molecule has 0 spiro atoms. The summed E-state index contributed by atoms with van der Waals surface area (Å²) in [5.74, 6) is 2.36. The lowest BCUT2D eigenvalue weighted by Crippen LogP contribution is -2.38. The number of alkyl halides is 4. The number of halogens is 5. The van der Waals surface area contributed by atoms with Crippen LogP contribution in [0.25, 0.3) is 109 Å². The van der Waals surface area contributed by atoms with Crippen LogP contribution in [-0.4, -0.2) is 204 Å². The highest BCUT2D eigenvalue weighted by atomic mass is 79.9. The van der Waals surface area contributed by atoms with Crippen LogP contribution in [0.2, 0.25) is 0 Å². The van der Waals surface area contributed by atoms with E-state index in [1.165, 1.54) is 0 Å². The van der Waals surface area contributed by atoms with Gasteiger partial charge in [-0.25, -0.2) is 77.4 Å². The predicted octanol–water partition coefficient (Wildman–Crippen LogP) is 22.8. The van der Waals surface area contributed by atoms with E-state index in [4.69, 9.17) is 35.3 Å². The highest BCUT2D eigenvalue weighted by molar-refractivity contribution is 9.10. The van der Waals surface area contributed by atoms with E-state index in [1.807, 2.05) is 214 Å². The Hall–Kier alpha value is -14.9. The van der Waals surface area contributed by atoms with E-state index >= 15 is 0 Å². The van der Waals surface area contributed by atoms with Gasteiger partial charge in [-0.3, -0.25) is 19.2 Å². The normalized spacial score (nSPS) is 15.2. The summed E-state index contributed by atoms with van der Waals surface area (Å²) >= 11 is 6.68. The van der Waals surface area contributed by atoms with E-state index in [1.54, 1.807) is 77.2 Å². The number of fused-ring (bicyclic) bond motifs is 4. The van der Waals surface area contributed by atoms with Crippen LogP contribution < -0.4 is 40.2 Å². The highest BCUT2D eigenvalue weighted by Gasteiger charge is 2.36. The molecular formula is C108H103BrF4N24O4S2. The van der Waals surface area contributed by atoms with Crippen LogP contribution in [0.1, 0.15) is 68.1 Å². The van der Waals surface area contributed by atoms with Crippen molar-refractivity contribution in [1.29, 1.82) is 0 Å². The molecule has 0 saturated carbocycles. The van der Waals surface area contributed by atoms with Gasteiger partial charge in [-0.2, -0.15) is 10.2 Å². The third kappa shape index (κ3) is 25.0. The Balaban J connectivity index is 0.000000121. The zero-order chi connectivity index (χ0) is 98.5. The zero-order valence-electron chi connectivity index (χ0n) is 79.5. The van der Waals surface area contributed by atoms with Gasteiger partial charge in [-0.05, 0) is 201 Å². The molecule has 143 heavy (non-hydrogen) atoms. The minimum atomic E-state index is -2.56. The van der Waals surface area contributed by atoms with Gasteiger partial charge in [0.25, 0.3) is 11.8 Å². The fourth-order valence-corrected chi connectivity index (χ4v) is 19.2. The molecule has 14 heterocycles. The lowest BCUT2D eigenvalue weighted by molar-refractivity contribution is -0.0571. The molecule has 18 aromatic rings. The van der Waals surface area contributed by atoms with E-state index in [9.17, 15) is 17.6 Å². The van der Waals surface area contributed by atoms with Gasteiger partial charge in [-0.1, -0.05) is 46.1 Å². The Morgan fingerprint density at radius 2 is 0.853 bits per heavy atom. The molecule has 4 fully saturated rings. The number of piperidine rings is 4. The number of methoxy groups -OCH3 is 2. The van der Waals surface area contributed by atoms with Gasteiger partial charge in [0.1, 0.15) is 33.7 Å². The maximum atomic E-state index is 13.6. The van der Waals surface area contributed by atoms with E-state index in [0.29, 0.717) is 74.8 Å². The minimum absolute atomic E-state index is 0.0958. The van der Waals surface area contributed by atoms with Crippen molar-refractivity contribution in [2.24, 2.45) is 14.1 Å². The standard InChI is InChI=1S/2C29H28N6O2S.C26H24F2N6.C24H23BrF2N6/c1-35-12-9-23(10-13-35)37-26-16-25-21(15-24(26)28-30-11-14-38-28)18-32-29(34-25)33-22-6-3-19(4-7-22)20-5-8-27(36-2)31-17-20;1-35-13-9-22(10-14-35)37-26-17-25-20(16-24(26)28-31-12-15-38-28)18-32-29(34-25)33-21-7-5-19(6-8-21)23-4-3-11-30-27(23)36-2;1-3-18-4-5-24-21(10-18)14-29-25(32-24)31-23-12-19(16-34-8-6-26(27,28)7-9-34)11-20(13-23)22-15-30-33(2)17-22;1-32-15-19(13-29-32)17-8-16(14-33-6-4-24(26,27)5-7-33)9-21(11-17)30-23-28-12-18-10-20(25)2-3-22(18)31-23/h3-8,11,14-18,23H,9-10,12-13H2,1-2H3,(H,32,33,34);3-8,11-12,15-18,22H,9-10,13-14H2,1-2H3,(H,32,33,34);1,4-5,10-15,17H,6-9,16H2,2H3,(H,29,31,32);2-3,8-13,15H,4-7,14H2,1H3,(H,28,30,31). The summed E-state index contributed by atoms with van der Waals surface area (Å²) < 4.78 is 82.5.